The first-order valence-electron chi connectivity index (χ1n) is 9.58. The minimum atomic E-state index is -0.756. The summed E-state index contributed by atoms with van der Waals surface area (Å²) in [6.07, 6.45) is -0.490. The summed E-state index contributed by atoms with van der Waals surface area (Å²) in [7, 11) is 0. The summed E-state index contributed by atoms with van der Waals surface area (Å²) < 4.78 is 46.3. The van der Waals surface area contributed by atoms with Crippen molar-refractivity contribution < 1.29 is 27.5 Å². The lowest BCUT2D eigenvalue weighted by molar-refractivity contribution is -0.143. The van der Waals surface area contributed by atoms with E-state index in [9.17, 15) is 22.8 Å². The molecule has 0 aliphatic carbocycles. The molecule has 4 nitrogen and oxygen atoms in total. The number of carbonyl (C=O) groups is 2. The van der Waals surface area contributed by atoms with Crippen LogP contribution in [0.2, 0.25) is 0 Å². The van der Waals surface area contributed by atoms with Crippen molar-refractivity contribution in [1.82, 2.24) is 4.90 Å². The van der Waals surface area contributed by atoms with Crippen LogP contribution in [0.3, 0.4) is 0 Å². The van der Waals surface area contributed by atoms with Gasteiger partial charge in [0, 0.05) is 24.1 Å². The third-order valence-electron chi connectivity index (χ3n) is 4.90. The number of benzene rings is 2. The number of ether oxygens (including phenoxy) is 1. The lowest BCUT2D eigenvalue weighted by Gasteiger charge is -2.34. The normalized spacial score (nSPS) is 17.0. The van der Waals surface area contributed by atoms with Crippen LogP contribution < -0.4 is 0 Å². The molecular formula is C23H22F3NO3. The van der Waals surface area contributed by atoms with E-state index >= 15 is 0 Å². The average Bonchev–Trinajstić information content (AvgIpc) is 2.63. The molecule has 0 fully saturated rings. The number of amides is 1. The van der Waals surface area contributed by atoms with Gasteiger partial charge < -0.3 is 9.64 Å². The first-order valence-corrected chi connectivity index (χ1v) is 9.58. The van der Waals surface area contributed by atoms with E-state index < -0.39 is 35.4 Å². The fourth-order valence-electron chi connectivity index (χ4n) is 3.64. The Morgan fingerprint density at radius 2 is 1.77 bits per heavy atom. The van der Waals surface area contributed by atoms with Crippen LogP contribution in [-0.2, 0) is 20.9 Å². The topological polar surface area (TPSA) is 46.6 Å². The molecule has 0 aromatic heterocycles. The van der Waals surface area contributed by atoms with Crippen LogP contribution in [0.5, 0.6) is 0 Å². The monoisotopic (exact) mass is 417 g/mol. The summed E-state index contributed by atoms with van der Waals surface area (Å²) in [6.45, 7) is 4.88. The summed E-state index contributed by atoms with van der Waals surface area (Å²) in [5.41, 5.74) is 1.28. The van der Waals surface area contributed by atoms with E-state index in [1.54, 1.807) is 26.8 Å². The molecule has 0 N–H and O–H groups in total. The number of nitrogens with zero attached hydrogens (tertiary/aromatic N) is 1. The molecule has 0 bridgehead atoms. The molecule has 0 saturated carbocycles. The summed E-state index contributed by atoms with van der Waals surface area (Å²) in [6, 6.07) is 8.73. The number of halogens is 3. The number of esters is 1. The zero-order valence-electron chi connectivity index (χ0n) is 16.9. The van der Waals surface area contributed by atoms with E-state index in [4.69, 9.17) is 4.74 Å². The number of allylic oxidation sites excluding steroid dienone is 1. The number of carbonyl (C=O) groups excluding carboxylic acids is 2. The Morgan fingerprint density at radius 1 is 1.10 bits per heavy atom. The maximum absolute atomic E-state index is 13.8. The highest BCUT2D eigenvalue weighted by atomic mass is 19.1. The van der Waals surface area contributed by atoms with Crippen molar-refractivity contribution in [3.63, 3.8) is 0 Å². The molecule has 1 atom stereocenters. The maximum Gasteiger partial charge on any atom is 0.336 e. The van der Waals surface area contributed by atoms with Gasteiger partial charge in [-0.05, 0) is 56.2 Å². The van der Waals surface area contributed by atoms with Gasteiger partial charge in [-0.3, -0.25) is 4.79 Å². The molecule has 0 spiro atoms. The van der Waals surface area contributed by atoms with Crippen LogP contribution in [-0.4, -0.2) is 22.9 Å². The van der Waals surface area contributed by atoms with Crippen LogP contribution in [0, 0.1) is 17.5 Å². The Bertz CT molecular complexity index is 996. The molecular weight excluding hydrogens is 395 g/mol. The molecule has 1 heterocycles. The van der Waals surface area contributed by atoms with Gasteiger partial charge in [-0.15, -0.1) is 0 Å². The first-order chi connectivity index (χ1) is 14.2. The Kier molecular flexibility index (Phi) is 6.29. The molecule has 1 unspecified atom stereocenters. The zero-order chi connectivity index (χ0) is 22.0. The van der Waals surface area contributed by atoms with Crippen LogP contribution in [0.4, 0.5) is 13.2 Å². The molecule has 2 aromatic rings. The summed E-state index contributed by atoms with van der Waals surface area (Å²) in [5.74, 6) is -3.62. The Balaban J connectivity index is 2.05. The van der Waals surface area contributed by atoms with Crippen molar-refractivity contribution in [2.24, 2.45) is 0 Å². The van der Waals surface area contributed by atoms with Gasteiger partial charge in [0.15, 0.2) is 0 Å². The third kappa shape index (κ3) is 4.72. The Hall–Kier alpha value is -3.09. The molecule has 30 heavy (non-hydrogen) atoms. The minimum absolute atomic E-state index is 0.0961. The quantitative estimate of drug-likeness (QED) is 0.654. The standard InChI is InChI=1S/C23H22F3NO3/c1-13(2)30-23(29)22-14(3)27(12-15-7-18(25)10-19(26)8-15)21(28)11-20(22)16-5-4-6-17(24)9-16/h4-10,13,20H,11-12H2,1-3H3. The van der Waals surface area contributed by atoms with Crippen molar-refractivity contribution in [3.05, 3.63) is 82.3 Å². The van der Waals surface area contributed by atoms with Crippen molar-refractivity contribution in [3.8, 4) is 0 Å². The summed E-state index contributed by atoms with van der Waals surface area (Å²) in [5, 5.41) is 0. The van der Waals surface area contributed by atoms with E-state index in [0.29, 0.717) is 11.3 Å². The van der Waals surface area contributed by atoms with E-state index in [1.165, 1.54) is 23.1 Å². The van der Waals surface area contributed by atoms with Crippen molar-refractivity contribution in [1.29, 1.82) is 0 Å². The van der Waals surface area contributed by atoms with Gasteiger partial charge in [-0.2, -0.15) is 0 Å². The largest absolute Gasteiger partial charge is 0.460 e. The Labute approximate surface area is 173 Å². The zero-order valence-corrected chi connectivity index (χ0v) is 16.9. The second-order valence-electron chi connectivity index (χ2n) is 7.52. The SMILES string of the molecule is CC1=C(C(=O)OC(C)C)C(c2cccc(F)c2)CC(=O)N1Cc1cc(F)cc(F)c1. The predicted octanol–water partition coefficient (Wildman–Crippen LogP) is 4.85. The fourth-order valence-corrected chi connectivity index (χ4v) is 3.64. The number of hydrogen-bond acceptors (Lipinski definition) is 3. The first kappa shape index (κ1) is 21.6. The maximum atomic E-state index is 13.8. The highest BCUT2D eigenvalue weighted by Gasteiger charge is 2.37. The second-order valence-corrected chi connectivity index (χ2v) is 7.52. The second kappa shape index (κ2) is 8.73. The fraction of sp³-hybridized carbons (Fsp3) is 0.304. The van der Waals surface area contributed by atoms with Crippen LogP contribution >= 0.6 is 0 Å². The van der Waals surface area contributed by atoms with E-state index in [0.717, 1.165) is 18.2 Å². The van der Waals surface area contributed by atoms with Crippen LogP contribution in [0.25, 0.3) is 0 Å². The number of rotatable bonds is 5. The van der Waals surface area contributed by atoms with Gasteiger partial charge in [-0.25, -0.2) is 18.0 Å². The highest BCUT2D eigenvalue weighted by molar-refractivity contribution is 5.96. The average molecular weight is 417 g/mol. The van der Waals surface area contributed by atoms with Gasteiger partial charge in [0.2, 0.25) is 5.91 Å². The van der Waals surface area contributed by atoms with Gasteiger partial charge in [-0.1, -0.05) is 12.1 Å². The lowest BCUT2D eigenvalue weighted by Crippen LogP contribution is -2.38. The Morgan fingerprint density at radius 3 is 2.37 bits per heavy atom. The molecule has 2 aromatic carbocycles. The van der Waals surface area contributed by atoms with Crippen LogP contribution in [0.1, 0.15) is 44.2 Å². The molecule has 0 saturated heterocycles. The minimum Gasteiger partial charge on any atom is -0.460 e. The van der Waals surface area contributed by atoms with E-state index in [1.807, 2.05) is 0 Å². The molecule has 7 heteroatoms. The molecule has 0 radical (unpaired) electrons. The molecule has 3 rings (SSSR count). The van der Waals surface area contributed by atoms with Crippen molar-refractivity contribution in [2.45, 2.75) is 45.8 Å². The van der Waals surface area contributed by atoms with Gasteiger partial charge in [0.1, 0.15) is 17.5 Å². The highest BCUT2D eigenvalue weighted by Crippen LogP contribution is 2.38. The third-order valence-corrected chi connectivity index (χ3v) is 4.90. The predicted molar refractivity (Wildman–Crippen MR) is 105 cm³/mol. The van der Waals surface area contributed by atoms with Crippen molar-refractivity contribution >= 4 is 11.9 Å². The molecule has 1 amide bonds. The number of hydrogen-bond donors (Lipinski definition) is 0. The van der Waals surface area contributed by atoms with E-state index in [-0.39, 0.29) is 30.0 Å². The van der Waals surface area contributed by atoms with Gasteiger partial charge in [0.25, 0.3) is 0 Å². The summed E-state index contributed by atoms with van der Waals surface area (Å²) in [4.78, 5) is 27.1. The van der Waals surface area contributed by atoms with Crippen molar-refractivity contribution in [2.75, 3.05) is 0 Å². The van der Waals surface area contributed by atoms with Gasteiger partial charge in [0.05, 0.1) is 18.2 Å². The van der Waals surface area contributed by atoms with E-state index in [2.05, 4.69) is 0 Å². The summed E-state index contributed by atoms with van der Waals surface area (Å²) >= 11 is 0. The lowest BCUT2D eigenvalue weighted by atomic mass is 9.83. The molecule has 1 aliphatic heterocycles. The smallest absolute Gasteiger partial charge is 0.336 e. The van der Waals surface area contributed by atoms with Gasteiger partial charge >= 0.3 is 5.97 Å². The van der Waals surface area contributed by atoms with Crippen LogP contribution in [0.15, 0.2) is 53.7 Å². The molecule has 1 aliphatic rings. The molecule has 158 valence electrons.